The lowest BCUT2D eigenvalue weighted by Gasteiger charge is -2.02. The minimum absolute atomic E-state index is 0.200. The highest BCUT2D eigenvalue weighted by molar-refractivity contribution is 6.36. The number of aliphatic carboxylic acids is 1. The number of ether oxygens (including phenoxy) is 1. The molecule has 0 saturated carbocycles. The third-order valence-electron chi connectivity index (χ3n) is 3.71. The molecule has 0 aromatic rings. The summed E-state index contributed by atoms with van der Waals surface area (Å²) in [7, 11) is 0. The van der Waals surface area contributed by atoms with Crippen LogP contribution in [-0.2, 0) is 19.1 Å². The second-order valence-electron chi connectivity index (χ2n) is 6.00. The summed E-state index contributed by atoms with van der Waals surface area (Å²) < 4.78 is 4.97. The van der Waals surface area contributed by atoms with Gasteiger partial charge in [-0.05, 0) is 38.5 Å². The Morgan fingerprint density at radius 1 is 0.920 bits per heavy atom. The summed E-state index contributed by atoms with van der Waals surface area (Å²) in [5.41, 5.74) is 0. The third kappa shape index (κ3) is 16.9. The van der Waals surface area contributed by atoms with Crippen LogP contribution in [0.4, 0.5) is 0 Å². The summed E-state index contributed by atoms with van der Waals surface area (Å²) in [5.74, 6) is -1.73. The first-order valence-corrected chi connectivity index (χ1v) is 9.33. The van der Waals surface area contributed by atoms with E-state index in [-0.39, 0.29) is 18.8 Å². The molecule has 1 amide bonds. The zero-order valence-corrected chi connectivity index (χ0v) is 15.4. The molecule has 6 heteroatoms. The van der Waals surface area contributed by atoms with E-state index < -0.39 is 11.9 Å². The van der Waals surface area contributed by atoms with E-state index in [1.54, 1.807) is 6.92 Å². The number of carboxylic acids is 1. The normalized spacial score (nSPS) is 10.9. The van der Waals surface area contributed by atoms with Crippen molar-refractivity contribution in [1.82, 2.24) is 5.32 Å². The SMILES string of the molecule is CCC(=O)C(=O)NCCCC/C=C\CCCCCCCOCC(=O)O. The lowest BCUT2D eigenvalue weighted by atomic mass is 10.1. The molecule has 0 aliphatic heterocycles. The van der Waals surface area contributed by atoms with Crippen molar-refractivity contribution in [2.24, 2.45) is 0 Å². The molecule has 0 rings (SSSR count). The van der Waals surface area contributed by atoms with E-state index in [1.807, 2.05) is 0 Å². The molecule has 0 aliphatic rings. The number of nitrogens with one attached hydrogen (secondary N) is 1. The monoisotopic (exact) mass is 355 g/mol. The first-order valence-electron chi connectivity index (χ1n) is 9.33. The number of Topliss-reactive ketones (excluding diaryl/α,β-unsaturated/α-hetero) is 1. The highest BCUT2D eigenvalue weighted by Crippen LogP contribution is 2.07. The summed E-state index contributed by atoms with van der Waals surface area (Å²) in [6.45, 7) is 2.57. The van der Waals surface area contributed by atoms with Gasteiger partial charge in [-0.25, -0.2) is 4.79 Å². The van der Waals surface area contributed by atoms with Crippen LogP contribution in [0.15, 0.2) is 12.2 Å². The average Bonchev–Trinajstić information content (AvgIpc) is 2.60. The molecule has 0 spiro atoms. The first kappa shape index (κ1) is 23.3. The van der Waals surface area contributed by atoms with Crippen LogP contribution in [0.1, 0.15) is 71.1 Å². The van der Waals surface area contributed by atoms with Crippen molar-refractivity contribution in [2.75, 3.05) is 19.8 Å². The van der Waals surface area contributed by atoms with Gasteiger partial charge in [-0.2, -0.15) is 0 Å². The molecule has 0 saturated heterocycles. The van der Waals surface area contributed by atoms with Crippen molar-refractivity contribution in [2.45, 2.75) is 71.1 Å². The fraction of sp³-hybridized carbons (Fsp3) is 0.737. The molecule has 0 aliphatic carbocycles. The van der Waals surface area contributed by atoms with Crippen LogP contribution in [0.3, 0.4) is 0 Å². The molecular formula is C19H33NO5. The van der Waals surface area contributed by atoms with E-state index in [1.165, 1.54) is 12.8 Å². The predicted octanol–water partition coefficient (Wildman–Crippen LogP) is 3.25. The number of amides is 1. The van der Waals surface area contributed by atoms with Gasteiger partial charge in [0, 0.05) is 19.6 Å². The van der Waals surface area contributed by atoms with Gasteiger partial charge < -0.3 is 15.2 Å². The van der Waals surface area contributed by atoms with Crippen LogP contribution < -0.4 is 5.32 Å². The number of carboxylic acid groups (broad SMARTS) is 1. The van der Waals surface area contributed by atoms with Crippen LogP contribution >= 0.6 is 0 Å². The largest absolute Gasteiger partial charge is 0.480 e. The van der Waals surface area contributed by atoms with E-state index in [0.29, 0.717) is 13.2 Å². The van der Waals surface area contributed by atoms with Gasteiger partial charge in [0.2, 0.25) is 5.78 Å². The van der Waals surface area contributed by atoms with E-state index in [4.69, 9.17) is 9.84 Å². The zero-order chi connectivity index (χ0) is 18.8. The Bertz CT molecular complexity index is 407. The van der Waals surface area contributed by atoms with Crippen LogP contribution in [-0.4, -0.2) is 42.5 Å². The van der Waals surface area contributed by atoms with Gasteiger partial charge in [0.25, 0.3) is 5.91 Å². The fourth-order valence-corrected chi connectivity index (χ4v) is 2.24. The molecule has 0 fully saturated rings. The van der Waals surface area contributed by atoms with Gasteiger partial charge in [0.1, 0.15) is 6.61 Å². The van der Waals surface area contributed by atoms with Crippen LogP contribution in [0.25, 0.3) is 0 Å². The van der Waals surface area contributed by atoms with Crippen molar-refractivity contribution in [3.8, 4) is 0 Å². The van der Waals surface area contributed by atoms with Crippen molar-refractivity contribution in [3.05, 3.63) is 12.2 Å². The number of rotatable bonds is 17. The highest BCUT2D eigenvalue weighted by atomic mass is 16.5. The number of allylic oxidation sites excluding steroid dienone is 2. The maximum absolute atomic E-state index is 11.2. The molecular weight excluding hydrogens is 322 g/mol. The number of unbranched alkanes of at least 4 members (excludes halogenated alkanes) is 7. The Hall–Kier alpha value is -1.69. The van der Waals surface area contributed by atoms with Crippen molar-refractivity contribution < 1.29 is 24.2 Å². The Kier molecular flexibility index (Phi) is 16.0. The topological polar surface area (TPSA) is 92.7 Å². The molecule has 0 aromatic heterocycles. The molecule has 2 N–H and O–H groups in total. The maximum atomic E-state index is 11.2. The second-order valence-corrected chi connectivity index (χ2v) is 6.00. The van der Waals surface area contributed by atoms with Gasteiger partial charge in [0.05, 0.1) is 0 Å². The molecule has 0 radical (unpaired) electrons. The van der Waals surface area contributed by atoms with Gasteiger partial charge in [-0.15, -0.1) is 0 Å². The Morgan fingerprint density at radius 3 is 2.16 bits per heavy atom. The second kappa shape index (κ2) is 17.1. The molecule has 0 heterocycles. The van der Waals surface area contributed by atoms with Gasteiger partial charge in [-0.3, -0.25) is 9.59 Å². The minimum Gasteiger partial charge on any atom is -0.480 e. The van der Waals surface area contributed by atoms with Crippen molar-refractivity contribution in [1.29, 1.82) is 0 Å². The number of carbonyl (C=O) groups is 3. The van der Waals surface area contributed by atoms with Gasteiger partial charge in [-0.1, -0.05) is 38.3 Å². The lowest BCUT2D eigenvalue weighted by molar-refractivity contribution is -0.142. The maximum Gasteiger partial charge on any atom is 0.329 e. The molecule has 144 valence electrons. The van der Waals surface area contributed by atoms with Crippen LogP contribution in [0.2, 0.25) is 0 Å². The van der Waals surface area contributed by atoms with Gasteiger partial charge in [0.15, 0.2) is 0 Å². The molecule has 0 unspecified atom stereocenters. The number of hydrogen-bond acceptors (Lipinski definition) is 4. The first-order chi connectivity index (χ1) is 12.1. The summed E-state index contributed by atoms with van der Waals surface area (Å²) in [6.07, 6.45) is 14.1. The molecule has 25 heavy (non-hydrogen) atoms. The minimum atomic E-state index is -0.914. The number of carbonyl (C=O) groups excluding carboxylic acids is 2. The number of hydrogen-bond donors (Lipinski definition) is 2. The molecule has 0 bridgehead atoms. The quantitative estimate of drug-likeness (QED) is 0.237. The van der Waals surface area contributed by atoms with Gasteiger partial charge >= 0.3 is 5.97 Å². The Balaban J connectivity index is 3.24. The summed E-state index contributed by atoms with van der Waals surface area (Å²) >= 11 is 0. The lowest BCUT2D eigenvalue weighted by Crippen LogP contribution is -2.31. The average molecular weight is 355 g/mol. The molecule has 6 nitrogen and oxygen atoms in total. The fourth-order valence-electron chi connectivity index (χ4n) is 2.24. The summed E-state index contributed by atoms with van der Waals surface area (Å²) in [4.78, 5) is 32.5. The Labute approximate surface area is 151 Å². The van der Waals surface area contributed by atoms with E-state index in [0.717, 1.165) is 44.9 Å². The van der Waals surface area contributed by atoms with Crippen LogP contribution in [0, 0.1) is 0 Å². The van der Waals surface area contributed by atoms with Crippen molar-refractivity contribution >= 4 is 17.7 Å². The smallest absolute Gasteiger partial charge is 0.329 e. The number of ketones is 1. The standard InChI is InChI=1S/C19H33NO5/c1-2-17(21)19(24)20-14-12-10-8-6-4-3-5-7-9-11-13-15-25-16-18(22)23/h4,6H,2-3,5,7-16H2,1H3,(H,20,24)(H,22,23)/b6-4-. The molecule has 0 aromatic carbocycles. The Morgan fingerprint density at radius 2 is 1.52 bits per heavy atom. The van der Waals surface area contributed by atoms with E-state index in [9.17, 15) is 14.4 Å². The predicted molar refractivity (Wildman–Crippen MR) is 97.5 cm³/mol. The summed E-state index contributed by atoms with van der Waals surface area (Å²) in [5, 5.41) is 11.0. The summed E-state index contributed by atoms with van der Waals surface area (Å²) in [6, 6.07) is 0. The third-order valence-corrected chi connectivity index (χ3v) is 3.71. The highest BCUT2D eigenvalue weighted by Gasteiger charge is 2.08. The van der Waals surface area contributed by atoms with Crippen molar-refractivity contribution in [3.63, 3.8) is 0 Å². The van der Waals surface area contributed by atoms with E-state index >= 15 is 0 Å². The zero-order valence-electron chi connectivity index (χ0n) is 15.4. The van der Waals surface area contributed by atoms with Crippen LogP contribution in [0.5, 0.6) is 0 Å². The molecule has 0 atom stereocenters. The van der Waals surface area contributed by atoms with E-state index in [2.05, 4.69) is 17.5 Å².